The van der Waals surface area contributed by atoms with Gasteiger partial charge in [0.2, 0.25) is 0 Å². The summed E-state index contributed by atoms with van der Waals surface area (Å²) >= 11 is 11.1. The molecule has 0 saturated heterocycles. The first-order valence-electron chi connectivity index (χ1n) is 5.97. The molecule has 18 heavy (non-hydrogen) atoms. The molecule has 0 atom stereocenters. The molecule has 0 fully saturated rings. The van der Waals surface area contributed by atoms with Crippen LogP contribution in [0.15, 0.2) is 24.3 Å². The summed E-state index contributed by atoms with van der Waals surface area (Å²) in [5.74, 6) is 0. The lowest BCUT2D eigenvalue weighted by Crippen LogP contribution is -2.37. The van der Waals surface area contributed by atoms with Crippen LogP contribution in [0.4, 0.5) is 0 Å². The van der Waals surface area contributed by atoms with Gasteiger partial charge < -0.3 is 15.4 Å². The Morgan fingerprint density at radius 1 is 1.33 bits per heavy atom. The van der Waals surface area contributed by atoms with E-state index < -0.39 is 0 Å². The van der Waals surface area contributed by atoms with Crippen LogP contribution >= 0.6 is 23.8 Å². The molecule has 5 heteroatoms. The van der Waals surface area contributed by atoms with Crippen molar-refractivity contribution in [2.45, 2.75) is 12.8 Å². The summed E-state index contributed by atoms with van der Waals surface area (Å²) in [6.45, 7) is 2.38. The van der Waals surface area contributed by atoms with Crippen molar-refractivity contribution in [1.82, 2.24) is 10.6 Å². The molecule has 1 aromatic carbocycles. The van der Waals surface area contributed by atoms with Crippen LogP contribution in [0.1, 0.15) is 12.0 Å². The van der Waals surface area contributed by atoms with Crippen LogP contribution in [-0.4, -0.2) is 31.9 Å². The van der Waals surface area contributed by atoms with Crippen LogP contribution in [0, 0.1) is 0 Å². The summed E-state index contributed by atoms with van der Waals surface area (Å²) in [6, 6.07) is 7.86. The first-order valence-corrected chi connectivity index (χ1v) is 6.76. The zero-order valence-electron chi connectivity index (χ0n) is 10.5. The third-order valence-corrected chi connectivity index (χ3v) is 2.92. The van der Waals surface area contributed by atoms with Crippen LogP contribution in [0.2, 0.25) is 5.02 Å². The number of thiocarbonyl (C=S) groups is 1. The minimum absolute atomic E-state index is 0.688. The molecule has 0 aliphatic rings. The molecule has 0 amide bonds. The van der Waals surface area contributed by atoms with Crippen molar-refractivity contribution in [3.63, 3.8) is 0 Å². The monoisotopic (exact) mass is 286 g/mol. The van der Waals surface area contributed by atoms with Crippen LogP contribution in [0.3, 0.4) is 0 Å². The van der Waals surface area contributed by atoms with Crippen molar-refractivity contribution in [2.75, 3.05) is 26.8 Å². The molecule has 0 aromatic heterocycles. The van der Waals surface area contributed by atoms with E-state index in [-0.39, 0.29) is 0 Å². The molecule has 100 valence electrons. The Balaban J connectivity index is 2.12. The van der Waals surface area contributed by atoms with Crippen LogP contribution in [0.25, 0.3) is 0 Å². The molecular weight excluding hydrogens is 268 g/mol. The van der Waals surface area contributed by atoms with Gasteiger partial charge in [-0.15, -0.1) is 0 Å². The highest BCUT2D eigenvalue weighted by Crippen LogP contribution is 2.10. The highest BCUT2D eigenvalue weighted by Gasteiger charge is 1.97. The van der Waals surface area contributed by atoms with Gasteiger partial charge in [-0.05, 0) is 42.8 Å². The van der Waals surface area contributed by atoms with Crippen LogP contribution < -0.4 is 10.6 Å². The van der Waals surface area contributed by atoms with E-state index in [1.807, 2.05) is 18.2 Å². The number of benzene rings is 1. The minimum Gasteiger partial charge on any atom is -0.385 e. The normalized spacial score (nSPS) is 10.1. The summed E-state index contributed by atoms with van der Waals surface area (Å²) in [4.78, 5) is 0. The highest BCUT2D eigenvalue weighted by molar-refractivity contribution is 7.80. The molecule has 0 saturated carbocycles. The number of methoxy groups -OCH3 is 1. The van der Waals surface area contributed by atoms with Gasteiger partial charge >= 0.3 is 0 Å². The first kappa shape index (κ1) is 15.2. The average Bonchev–Trinajstić information content (AvgIpc) is 2.35. The smallest absolute Gasteiger partial charge is 0.166 e. The summed E-state index contributed by atoms with van der Waals surface area (Å²) < 4.78 is 4.96. The van der Waals surface area contributed by atoms with E-state index >= 15 is 0 Å². The lowest BCUT2D eigenvalue weighted by atomic mass is 10.1. The Kier molecular flexibility index (Phi) is 7.73. The molecule has 0 heterocycles. The van der Waals surface area contributed by atoms with Crippen LogP contribution in [0.5, 0.6) is 0 Å². The number of hydrogen-bond donors (Lipinski definition) is 2. The summed E-state index contributed by atoms with van der Waals surface area (Å²) in [6.07, 6.45) is 1.85. The molecular formula is C13H19ClN2OS. The van der Waals surface area contributed by atoms with Gasteiger partial charge in [0.1, 0.15) is 0 Å². The Hall–Kier alpha value is -0.840. The summed E-state index contributed by atoms with van der Waals surface area (Å²) in [5.41, 5.74) is 1.21. The number of rotatable bonds is 7. The second-order valence-electron chi connectivity index (χ2n) is 3.91. The average molecular weight is 287 g/mol. The zero-order chi connectivity index (χ0) is 13.2. The molecule has 1 rings (SSSR count). The topological polar surface area (TPSA) is 33.3 Å². The van der Waals surface area contributed by atoms with Crippen molar-refractivity contribution in [2.24, 2.45) is 0 Å². The van der Waals surface area contributed by atoms with E-state index in [9.17, 15) is 0 Å². The fourth-order valence-corrected chi connectivity index (χ4v) is 1.91. The van der Waals surface area contributed by atoms with Crippen molar-refractivity contribution < 1.29 is 4.74 Å². The molecule has 0 radical (unpaired) electrons. The van der Waals surface area contributed by atoms with E-state index in [0.717, 1.165) is 37.6 Å². The van der Waals surface area contributed by atoms with Crippen LogP contribution in [-0.2, 0) is 11.2 Å². The van der Waals surface area contributed by atoms with Gasteiger partial charge in [-0.25, -0.2) is 0 Å². The Morgan fingerprint density at radius 3 is 2.83 bits per heavy atom. The first-order chi connectivity index (χ1) is 8.72. The second kappa shape index (κ2) is 9.14. The molecule has 0 aliphatic carbocycles. The highest BCUT2D eigenvalue weighted by atomic mass is 35.5. The molecule has 3 nitrogen and oxygen atoms in total. The fourth-order valence-electron chi connectivity index (χ4n) is 1.49. The molecule has 0 spiro atoms. The van der Waals surface area contributed by atoms with E-state index in [4.69, 9.17) is 28.6 Å². The fraction of sp³-hybridized carbons (Fsp3) is 0.462. The van der Waals surface area contributed by atoms with Crippen molar-refractivity contribution >= 4 is 28.9 Å². The molecule has 0 unspecified atom stereocenters. The molecule has 2 N–H and O–H groups in total. The second-order valence-corrected chi connectivity index (χ2v) is 4.75. The van der Waals surface area contributed by atoms with Gasteiger partial charge in [-0.2, -0.15) is 0 Å². The molecule has 1 aromatic rings. The maximum Gasteiger partial charge on any atom is 0.166 e. The molecule has 0 bridgehead atoms. The number of halogens is 1. The third kappa shape index (κ3) is 6.79. The number of nitrogens with one attached hydrogen (secondary N) is 2. The van der Waals surface area contributed by atoms with Crippen molar-refractivity contribution in [3.8, 4) is 0 Å². The minimum atomic E-state index is 0.688. The van der Waals surface area contributed by atoms with Gasteiger partial charge in [-0.1, -0.05) is 23.7 Å². The maximum absolute atomic E-state index is 5.91. The van der Waals surface area contributed by atoms with Gasteiger partial charge in [0.15, 0.2) is 5.11 Å². The van der Waals surface area contributed by atoms with Gasteiger partial charge in [0.05, 0.1) is 0 Å². The lowest BCUT2D eigenvalue weighted by Gasteiger charge is -2.10. The number of ether oxygens (including phenoxy) is 1. The number of hydrogen-bond acceptors (Lipinski definition) is 2. The maximum atomic E-state index is 5.91. The van der Waals surface area contributed by atoms with Gasteiger partial charge in [-0.3, -0.25) is 0 Å². The SMILES string of the molecule is COCCCNC(=S)NCCc1cccc(Cl)c1. The summed E-state index contributed by atoms with van der Waals surface area (Å²) in [7, 11) is 1.70. The Morgan fingerprint density at radius 2 is 2.11 bits per heavy atom. The summed E-state index contributed by atoms with van der Waals surface area (Å²) in [5, 5.41) is 7.75. The lowest BCUT2D eigenvalue weighted by molar-refractivity contribution is 0.195. The van der Waals surface area contributed by atoms with Gasteiger partial charge in [0.25, 0.3) is 0 Å². The third-order valence-electron chi connectivity index (χ3n) is 2.40. The van der Waals surface area contributed by atoms with Crippen molar-refractivity contribution in [3.05, 3.63) is 34.9 Å². The van der Waals surface area contributed by atoms with E-state index in [1.54, 1.807) is 7.11 Å². The van der Waals surface area contributed by atoms with Gasteiger partial charge in [0, 0.05) is 31.8 Å². The Labute approximate surface area is 119 Å². The quantitative estimate of drug-likeness (QED) is 0.596. The predicted octanol–water partition coefficient (Wildman–Crippen LogP) is 2.38. The Bertz CT molecular complexity index is 374. The predicted molar refractivity (Wildman–Crippen MR) is 80.3 cm³/mol. The zero-order valence-corrected chi connectivity index (χ0v) is 12.1. The standard InChI is InChI=1S/C13H19ClN2OS/c1-17-9-3-7-15-13(18)16-8-6-11-4-2-5-12(14)10-11/h2,4-5,10H,3,6-9H2,1H3,(H2,15,16,18). The molecule has 0 aliphatic heterocycles. The van der Waals surface area contributed by atoms with E-state index in [2.05, 4.69) is 16.7 Å². The van der Waals surface area contributed by atoms with E-state index in [0.29, 0.717) is 5.11 Å². The largest absolute Gasteiger partial charge is 0.385 e. The van der Waals surface area contributed by atoms with E-state index in [1.165, 1.54) is 5.56 Å². The van der Waals surface area contributed by atoms with Crippen molar-refractivity contribution in [1.29, 1.82) is 0 Å².